The molecule has 1 atom stereocenters. The molecule has 40 heavy (non-hydrogen) atoms. The lowest BCUT2D eigenvalue weighted by Crippen LogP contribution is -2.50. The number of H-pyrrole nitrogens is 1. The number of alkyl halides is 3. The van der Waals surface area contributed by atoms with Crippen molar-refractivity contribution in [3.8, 4) is 16.9 Å². The SMILES string of the molecule is CC(C)(CC(O)(Cc1cc2cc(CN3CCCCC3)ccc2[nH]1)C(F)(F)F)c1cc(-c2ccccc2)ccc1O. The average Bonchev–Trinajstić information content (AvgIpc) is 3.30. The van der Waals surface area contributed by atoms with Crippen molar-refractivity contribution in [1.82, 2.24) is 9.88 Å². The number of hydrogen-bond donors (Lipinski definition) is 3. The van der Waals surface area contributed by atoms with Gasteiger partial charge in [-0.25, -0.2) is 0 Å². The lowest BCUT2D eigenvalue weighted by atomic mass is 9.72. The molecule has 5 rings (SSSR count). The molecule has 1 unspecified atom stereocenters. The van der Waals surface area contributed by atoms with Crippen LogP contribution in [0, 0.1) is 0 Å². The third-order valence-corrected chi connectivity index (χ3v) is 8.17. The minimum Gasteiger partial charge on any atom is -0.508 e. The number of nitrogens with one attached hydrogen (secondary N) is 1. The smallest absolute Gasteiger partial charge is 0.417 e. The summed E-state index contributed by atoms with van der Waals surface area (Å²) in [7, 11) is 0. The zero-order chi connectivity index (χ0) is 28.5. The highest BCUT2D eigenvalue weighted by molar-refractivity contribution is 5.81. The van der Waals surface area contributed by atoms with Crippen molar-refractivity contribution in [1.29, 1.82) is 0 Å². The molecule has 3 aromatic carbocycles. The molecule has 4 nitrogen and oxygen atoms in total. The standard InChI is InChI=1S/C33H37F3N2O2/c1-31(2,28-19-25(12-14-30(28)39)24-9-5-3-6-10-24)22-32(40,33(34,35)36)20-27-18-26-17-23(11-13-29(26)37-27)21-38-15-7-4-8-16-38/h3,5-6,9-14,17-19,37,39-40H,4,7-8,15-16,20-22H2,1-2H3. The van der Waals surface area contributed by atoms with E-state index >= 15 is 0 Å². The summed E-state index contributed by atoms with van der Waals surface area (Å²) in [5.74, 6) is -0.0962. The maximum absolute atomic E-state index is 14.5. The van der Waals surface area contributed by atoms with Gasteiger partial charge in [0.2, 0.25) is 0 Å². The number of fused-ring (bicyclic) bond motifs is 1. The molecule has 7 heteroatoms. The van der Waals surface area contributed by atoms with Gasteiger partial charge < -0.3 is 15.2 Å². The Morgan fingerprint density at radius 3 is 2.27 bits per heavy atom. The summed E-state index contributed by atoms with van der Waals surface area (Å²) in [6.45, 7) is 6.21. The van der Waals surface area contributed by atoms with Crippen molar-refractivity contribution in [2.75, 3.05) is 13.1 Å². The van der Waals surface area contributed by atoms with E-state index in [-0.39, 0.29) is 5.75 Å². The zero-order valence-electron chi connectivity index (χ0n) is 23.1. The van der Waals surface area contributed by atoms with Gasteiger partial charge in [-0.2, -0.15) is 13.2 Å². The fourth-order valence-electron chi connectivity index (χ4n) is 6.10. The highest BCUT2D eigenvalue weighted by atomic mass is 19.4. The molecule has 0 radical (unpaired) electrons. The molecule has 1 aliphatic rings. The second-order valence-electron chi connectivity index (χ2n) is 11.9. The molecule has 0 spiro atoms. The number of hydrogen-bond acceptors (Lipinski definition) is 3. The Morgan fingerprint density at radius 2 is 1.57 bits per heavy atom. The van der Waals surface area contributed by atoms with Gasteiger partial charge in [-0.15, -0.1) is 0 Å². The topological polar surface area (TPSA) is 59.5 Å². The number of aliphatic hydroxyl groups is 1. The summed E-state index contributed by atoms with van der Waals surface area (Å²) >= 11 is 0. The van der Waals surface area contributed by atoms with E-state index in [0.29, 0.717) is 11.3 Å². The number of phenolic OH excluding ortho intramolecular Hbond substituents is 1. The minimum absolute atomic E-state index is 0.0962. The van der Waals surface area contributed by atoms with Crippen LogP contribution in [0.3, 0.4) is 0 Å². The lowest BCUT2D eigenvalue weighted by molar-refractivity contribution is -0.266. The van der Waals surface area contributed by atoms with E-state index in [1.54, 1.807) is 32.0 Å². The monoisotopic (exact) mass is 550 g/mol. The van der Waals surface area contributed by atoms with E-state index in [1.807, 2.05) is 48.5 Å². The fourth-order valence-corrected chi connectivity index (χ4v) is 6.10. The van der Waals surface area contributed by atoms with Gasteiger partial charge in [0.1, 0.15) is 5.75 Å². The number of aromatic nitrogens is 1. The molecule has 1 fully saturated rings. The first-order valence-corrected chi connectivity index (χ1v) is 13.9. The van der Waals surface area contributed by atoms with Gasteiger partial charge in [0.15, 0.2) is 5.60 Å². The summed E-state index contributed by atoms with van der Waals surface area (Å²) in [5, 5.41) is 22.7. The van der Waals surface area contributed by atoms with Crippen LogP contribution in [0.2, 0.25) is 0 Å². The first-order chi connectivity index (χ1) is 18.9. The van der Waals surface area contributed by atoms with Crippen LogP contribution in [0.4, 0.5) is 13.2 Å². The Kier molecular flexibility index (Phi) is 7.73. The molecule has 0 amide bonds. The van der Waals surface area contributed by atoms with E-state index in [2.05, 4.69) is 9.88 Å². The summed E-state index contributed by atoms with van der Waals surface area (Å²) in [6, 6.07) is 22.1. The lowest BCUT2D eigenvalue weighted by Gasteiger charge is -2.38. The third kappa shape index (κ3) is 6.06. The number of piperidine rings is 1. The Morgan fingerprint density at radius 1 is 0.850 bits per heavy atom. The third-order valence-electron chi connectivity index (χ3n) is 8.17. The van der Waals surface area contributed by atoms with E-state index < -0.39 is 30.0 Å². The summed E-state index contributed by atoms with van der Waals surface area (Å²) in [6.07, 6.45) is -2.48. The molecule has 0 saturated carbocycles. The number of aromatic amines is 1. The van der Waals surface area contributed by atoms with Crippen LogP contribution in [0.25, 0.3) is 22.0 Å². The molecule has 212 valence electrons. The first-order valence-electron chi connectivity index (χ1n) is 13.9. The van der Waals surface area contributed by atoms with E-state index in [4.69, 9.17) is 0 Å². The van der Waals surface area contributed by atoms with Crippen LogP contribution in [0.1, 0.15) is 56.4 Å². The predicted molar refractivity (Wildman–Crippen MR) is 153 cm³/mol. The van der Waals surface area contributed by atoms with Crippen LogP contribution in [0.5, 0.6) is 5.75 Å². The van der Waals surface area contributed by atoms with Gasteiger partial charge in [0.05, 0.1) is 0 Å². The van der Waals surface area contributed by atoms with Crippen molar-refractivity contribution in [2.24, 2.45) is 0 Å². The van der Waals surface area contributed by atoms with Crippen molar-refractivity contribution in [3.05, 3.63) is 89.6 Å². The van der Waals surface area contributed by atoms with E-state index in [0.717, 1.165) is 47.2 Å². The number of likely N-dealkylation sites (tertiary alicyclic amines) is 1. The molecular formula is C33H37F3N2O2. The van der Waals surface area contributed by atoms with Crippen LogP contribution in [-0.4, -0.2) is 45.0 Å². The Hall–Kier alpha value is -3.29. The van der Waals surface area contributed by atoms with Gasteiger partial charge in [-0.1, -0.05) is 62.7 Å². The first kappa shape index (κ1) is 28.2. The van der Waals surface area contributed by atoms with Crippen molar-refractivity contribution >= 4 is 10.9 Å². The maximum Gasteiger partial charge on any atom is 0.417 e. The zero-order valence-corrected chi connectivity index (χ0v) is 23.1. The predicted octanol–water partition coefficient (Wildman–Crippen LogP) is 7.73. The van der Waals surface area contributed by atoms with Crippen LogP contribution >= 0.6 is 0 Å². The molecule has 4 aromatic rings. The quantitative estimate of drug-likeness (QED) is 0.210. The second-order valence-corrected chi connectivity index (χ2v) is 11.9. The number of phenols is 1. The summed E-state index contributed by atoms with van der Waals surface area (Å²) in [5.41, 5.74) is 0.0286. The molecular weight excluding hydrogens is 513 g/mol. The molecule has 3 N–H and O–H groups in total. The Balaban J connectivity index is 1.41. The summed E-state index contributed by atoms with van der Waals surface area (Å²) in [4.78, 5) is 5.51. The highest BCUT2D eigenvalue weighted by Crippen LogP contribution is 2.45. The van der Waals surface area contributed by atoms with Gasteiger partial charge in [-0.05, 0) is 90.2 Å². The molecule has 0 aliphatic carbocycles. The number of halogens is 3. The molecule has 0 bridgehead atoms. The normalized spacial score (nSPS) is 16.8. The van der Waals surface area contributed by atoms with Gasteiger partial charge in [0.25, 0.3) is 0 Å². The van der Waals surface area contributed by atoms with Crippen LogP contribution in [0.15, 0.2) is 72.8 Å². The van der Waals surface area contributed by atoms with Crippen molar-refractivity contribution in [2.45, 2.75) is 69.7 Å². The average molecular weight is 551 g/mol. The highest BCUT2D eigenvalue weighted by Gasteiger charge is 2.56. The number of nitrogens with zero attached hydrogens (tertiary/aromatic N) is 1. The minimum atomic E-state index is -4.88. The second kappa shape index (κ2) is 10.9. The van der Waals surface area contributed by atoms with Crippen LogP contribution in [-0.2, 0) is 18.4 Å². The molecule has 1 saturated heterocycles. The van der Waals surface area contributed by atoms with Crippen molar-refractivity contribution in [3.63, 3.8) is 0 Å². The molecule has 1 aliphatic heterocycles. The van der Waals surface area contributed by atoms with E-state index in [9.17, 15) is 23.4 Å². The molecule has 2 heterocycles. The van der Waals surface area contributed by atoms with E-state index in [1.165, 1.54) is 25.3 Å². The molecule has 1 aromatic heterocycles. The van der Waals surface area contributed by atoms with Gasteiger partial charge >= 0.3 is 6.18 Å². The Bertz CT molecular complexity index is 1460. The number of benzene rings is 3. The van der Waals surface area contributed by atoms with Gasteiger partial charge in [0, 0.05) is 29.7 Å². The fraction of sp³-hybridized carbons (Fsp3) is 0.394. The Labute approximate surface area is 233 Å². The number of rotatable bonds is 8. The maximum atomic E-state index is 14.5. The largest absolute Gasteiger partial charge is 0.508 e. The van der Waals surface area contributed by atoms with Gasteiger partial charge in [-0.3, -0.25) is 4.90 Å². The number of aromatic hydroxyl groups is 1. The van der Waals surface area contributed by atoms with Crippen LogP contribution < -0.4 is 0 Å². The van der Waals surface area contributed by atoms with Crippen molar-refractivity contribution < 1.29 is 23.4 Å². The summed E-state index contributed by atoms with van der Waals surface area (Å²) < 4.78 is 43.6.